The van der Waals surface area contributed by atoms with Gasteiger partial charge in [-0.1, -0.05) is 38.2 Å². The van der Waals surface area contributed by atoms with Crippen LogP contribution >= 0.6 is 12.2 Å². The number of phenolic OH excluding ortho intramolecular Hbond substituents is 2. The number of carbonyl (C=O) groups excluding carboxylic acids is 2. The van der Waals surface area contributed by atoms with Gasteiger partial charge in [0.25, 0.3) is 0 Å². The SMILES string of the molecule is CCc1cc(CC)n2nc(-c3ccc(OCNC(=S)Cc4ccc5c(c4)C(=O)OC54c5ccc(O)cc5Oc5cc(O)ccc54)cc3)c(CC(=O)N(CC)CC)c2n1. The van der Waals surface area contributed by atoms with E-state index in [9.17, 15) is 19.8 Å². The average molecular weight is 798 g/mol. The number of carbonyl (C=O) groups is 2. The number of aryl methyl sites for hydroxylation is 2. The predicted octanol–water partition coefficient (Wildman–Crippen LogP) is 7.41. The summed E-state index contributed by atoms with van der Waals surface area (Å²) in [4.78, 5) is 34.2. The number of fused-ring (bicyclic) bond motifs is 7. The van der Waals surface area contributed by atoms with Crippen LogP contribution in [0.25, 0.3) is 16.9 Å². The van der Waals surface area contributed by atoms with Crippen LogP contribution in [0.2, 0.25) is 0 Å². The molecule has 0 aliphatic carbocycles. The first-order chi connectivity index (χ1) is 28.1. The number of rotatable bonds is 12. The van der Waals surface area contributed by atoms with E-state index < -0.39 is 11.6 Å². The first kappa shape index (κ1) is 38.4. The van der Waals surface area contributed by atoms with Crippen LogP contribution < -0.4 is 14.8 Å². The summed E-state index contributed by atoms with van der Waals surface area (Å²) in [5, 5.41) is 28.5. The Morgan fingerprint density at radius 3 is 2.17 bits per heavy atom. The molecule has 0 radical (unpaired) electrons. The quantitative estimate of drug-likeness (QED) is 0.0646. The topological polar surface area (TPSA) is 148 Å². The molecule has 0 bridgehead atoms. The Hall–Kier alpha value is -6.47. The number of amides is 1. The number of aromatic hydroxyl groups is 2. The van der Waals surface area contributed by atoms with Gasteiger partial charge in [0.1, 0.15) is 28.7 Å². The van der Waals surface area contributed by atoms with Crippen molar-refractivity contribution < 1.29 is 34.0 Å². The Labute approximate surface area is 341 Å². The van der Waals surface area contributed by atoms with Crippen molar-refractivity contribution in [2.24, 2.45) is 0 Å². The highest BCUT2D eigenvalue weighted by molar-refractivity contribution is 7.80. The number of benzene rings is 4. The second-order valence-corrected chi connectivity index (χ2v) is 14.7. The van der Waals surface area contributed by atoms with Gasteiger partial charge in [0.2, 0.25) is 5.91 Å². The molecule has 4 aromatic carbocycles. The predicted molar refractivity (Wildman–Crippen MR) is 222 cm³/mol. The van der Waals surface area contributed by atoms with E-state index in [1.807, 2.05) is 59.7 Å². The van der Waals surface area contributed by atoms with E-state index >= 15 is 0 Å². The van der Waals surface area contributed by atoms with Crippen molar-refractivity contribution in [3.05, 3.63) is 130 Å². The van der Waals surface area contributed by atoms with Gasteiger partial charge in [-0.05, 0) is 92.9 Å². The lowest BCUT2D eigenvalue weighted by Crippen LogP contribution is -2.32. The summed E-state index contributed by atoms with van der Waals surface area (Å²) in [5.41, 5.74) is 6.68. The molecule has 0 fully saturated rings. The van der Waals surface area contributed by atoms with E-state index in [2.05, 4.69) is 25.2 Å². The molecule has 6 aromatic rings. The Kier molecular flexibility index (Phi) is 10.2. The molecule has 3 N–H and O–H groups in total. The Balaban J connectivity index is 0.971. The molecule has 296 valence electrons. The lowest BCUT2D eigenvalue weighted by molar-refractivity contribution is -0.130. The summed E-state index contributed by atoms with van der Waals surface area (Å²) in [5.74, 6) is 0.760. The molecule has 0 atom stereocenters. The van der Waals surface area contributed by atoms with Gasteiger partial charge in [-0.15, -0.1) is 0 Å². The molecule has 0 unspecified atom stereocenters. The van der Waals surface area contributed by atoms with Gasteiger partial charge in [-0.2, -0.15) is 5.10 Å². The third-order valence-electron chi connectivity index (χ3n) is 10.8. The summed E-state index contributed by atoms with van der Waals surface area (Å²) in [6.07, 6.45) is 2.10. The fourth-order valence-electron chi connectivity index (χ4n) is 7.86. The number of ether oxygens (including phenoxy) is 3. The number of esters is 1. The molecule has 2 aliphatic rings. The van der Waals surface area contributed by atoms with Crippen LogP contribution in [0.3, 0.4) is 0 Å². The van der Waals surface area contributed by atoms with Crippen molar-refractivity contribution in [3.63, 3.8) is 0 Å². The molecule has 58 heavy (non-hydrogen) atoms. The summed E-state index contributed by atoms with van der Waals surface area (Å²) < 4.78 is 20.1. The normalized spacial score (nSPS) is 13.3. The number of likely N-dealkylation sites (N-methyl/N-ethyl adjacent to an activating group) is 1. The van der Waals surface area contributed by atoms with E-state index in [1.54, 1.807) is 18.2 Å². The lowest BCUT2D eigenvalue weighted by atomic mass is 9.77. The van der Waals surface area contributed by atoms with Crippen LogP contribution in [-0.4, -0.2) is 66.4 Å². The van der Waals surface area contributed by atoms with Gasteiger partial charge in [-0.3, -0.25) is 4.79 Å². The second-order valence-electron chi connectivity index (χ2n) is 14.3. The minimum Gasteiger partial charge on any atom is -0.508 e. The molecule has 0 saturated carbocycles. The van der Waals surface area contributed by atoms with Crippen LogP contribution in [-0.2, 0) is 40.8 Å². The molecule has 1 spiro atoms. The Morgan fingerprint density at radius 1 is 0.862 bits per heavy atom. The first-order valence-corrected chi connectivity index (χ1v) is 19.9. The molecule has 13 heteroatoms. The third-order valence-corrected chi connectivity index (χ3v) is 11.1. The van der Waals surface area contributed by atoms with Crippen LogP contribution in [0, 0.1) is 0 Å². The zero-order chi connectivity index (χ0) is 40.7. The van der Waals surface area contributed by atoms with Crippen LogP contribution in [0.4, 0.5) is 0 Å². The van der Waals surface area contributed by atoms with Crippen molar-refractivity contribution in [1.29, 1.82) is 0 Å². The average Bonchev–Trinajstić information content (AvgIpc) is 3.72. The van der Waals surface area contributed by atoms with Gasteiger partial charge < -0.3 is 34.6 Å². The number of nitrogens with one attached hydrogen (secondary N) is 1. The summed E-state index contributed by atoms with van der Waals surface area (Å²) in [7, 11) is 0. The van der Waals surface area contributed by atoms with Gasteiger partial charge in [0, 0.05) is 70.8 Å². The molecule has 4 heterocycles. The number of aromatic nitrogens is 3. The molecule has 1 amide bonds. The highest BCUT2D eigenvalue weighted by atomic mass is 32.1. The van der Waals surface area contributed by atoms with Crippen molar-refractivity contribution in [2.45, 2.75) is 59.0 Å². The van der Waals surface area contributed by atoms with Gasteiger partial charge >= 0.3 is 5.97 Å². The first-order valence-electron chi connectivity index (χ1n) is 19.5. The molecular weight excluding hydrogens is 755 g/mol. The highest BCUT2D eigenvalue weighted by Gasteiger charge is 2.53. The number of nitrogens with zero attached hydrogens (tertiary/aromatic N) is 4. The maximum absolute atomic E-state index is 13.5. The minimum absolute atomic E-state index is 0.00884. The Bertz CT molecular complexity index is 2550. The monoisotopic (exact) mass is 797 g/mol. The molecule has 2 aliphatic heterocycles. The van der Waals surface area contributed by atoms with Crippen molar-refractivity contribution >= 4 is 34.7 Å². The van der Waals surface area contributed by atoms with Gasteiger partial charge in [0.05, 0.1) is 22.7 Å². The highest BCUT2D eigenvalue weighted by Crippen LogP contribution is 2.57. The molecule has 8 rings (SSSR count). The van der Waals surface area contributed by atoms with Crippen LogP contribution in [0.15, 0.2) is 84.9 Å². The number of phenols is 2. The van der Waals surface area contributed by atoms with Gasteiger partial charge in [-0.25, -0.2) is 14.3 Å². The molecule has 2 aromatic heterocycles. The number of thiocarbonyl (C=S) groups is 1. The smallest absolute Gasteiger partial charge is 0.340 e. The molecule has 0 saturated heterocycles. The second kappa shape index (κ2) is 15.5. The Morgan fingerprint density at radius 2 is 1.53 bits per heavy atom. The number of hydrogen-bond donors (Lipinski definition) is 3. The van der Waals surface area contributed by atoms with E-state index in [0.29, 0.717) is 69.6 Å². The minimum atomic E-state index is -1.33. The molecule has 12 nitrogen and oxygen atoms in total. The zero-order valence-electron chi connectivity index (χ0n) is 32.7. The number of hydrogen-bond acceptors (Lipinski definition) is 10. The molecular formula is C45H43N5O7S. The standard InChI is InChI=1S/C45H43N5O7S/c1-5-28-21-29(6-2)50-43(47-28)34(24-41(53)49(7-3)8-4)42(48-50)27-10-14-32(15-11-27)55-25-46-40(58)20-26-9-16-35-33(19-26)44(54)57-45(35)36-17-12-30(51)22-38(36)56-39-23-31(52)13-18-37(39)45/h9-19,21-23,51-52H,5-8,20,24-25H2,1-4H3,(H,46,58). The van der Waals surface area contributed by atoms with Crippen molar-refractivity contribution in [3.8, 4) is 40.0 Å². The fourth-order valence-corrected chi connectivity index (χ4v) is 8.09. The summed E-state index contributed by atoms with van der Waals surface area (Å²) in [6.45, 7) is 9.50. The summed E-state index contributed by atoms with van der Waals surface area (Å²) in [6, 6.07) is 24.5. The van der Waals surface area contributed by atoms with E-state index in [0.717, 1.165) is 46.6 Å². The van der Waals surface area contributed by atoms with E-state index in [1.165, 1.54) is 24.3 Å². The summed E-state index contributed by atoms with van der Waals surface area (Å²) >= 11 is 5.68. The van der Waals surface area contributed by atoms with E-state index in [-0.39, 0.29) is 30.6 Å². The maximum atomic E-state index is 13.5. The largest absolute Gasteiger partial charge is 0.508 e. The van der Waals surface area contributed by atoms with Gasteiger partial charge in [0.15, 0.2) is 18.0 Å². The third kappa shape index (κ3) is 6.74. The van der Waals surface area contributed by atoms with E-state index in [4.69, 9.17) is 36.5 Å². The fraction of sp³-hybridized carbons (Fsp3) is 0.267. The lowest BCUT2D eigenvalue weighted by Gasteiger charge is -2.36. The maximum Gasteiger partial charge on any atom is 0.340 e. The van der Waals surface area contributed by atoms with Crippen LogP contribution in [0.1, 0.15) is 77.3 Å². The van der Waals surface area contributed by atoms with Crippen molar-refractivity contribution in [2.75, 3.05) is 19.8 Å². The van der Waals surface area contributed by atoms with Crippen LogP contribution in [0.5, 0.6) is 28.7 Å². The zero-order valence-corrected chi connectivity index (χ0v) is 33.5. The van der Waals surface area contributed by atoms with Crippen molar-refractivity contribution in [1.82, 2.24) is 24.8 Å².